The van der Waals surface area contributed by atoms with E-state index < -0.39 is 21.7 Å². The molecule has 8 nitrogen and oxygen atoms in total. The number of aryl methyl sites for hydroxylation is 1. The monoisotopic (exact) mass is 486 g/mol. The second-order valence-corrected chi connectivity index (χ2v) is 11.6. The number of hydrogen-bond donors (Lipinski definition) is 2. The zero-order valence-electron chi connectivity index (χ0n) is 19.1. The molecule has 1 fully saturated rings. The fraction of sp³-hybridized carbons (Fsp3) is 0.458. The van der Waals surface area contributed by atoms with Gasteiger partial charge in [0.25, 0.3) is 0 Å². The Kier molecular flexibility index (Phi) is 5.48. The van der Waals surface area contributed by atoms with Crippen molar-refractivity contribution in [3.63, 3.8) is 0 Å². The second-order valence-electron chi connectivity index (χ2n) is 9.83. The Morgan fingerprint density at radius 3 is 2.65 bits per heavy atom. The van der Waals surface area contributed by atoms with E-state index in [-0.39, 0.29) is 23.2 Å². The maximum atomic E-state index is 14.2. The highest BCUT2D eigenvalue weighted by Crippen LogP contribution is 2.43. The van der Waals surface area contributed by atoms with Gasteiger partial charge in [0.1, 0.15) is 5.67 Å². The Hall–Kier alpha value is -2.85. The standard InChI is InChI=1S/C24H27FN4O4S/c1-24(2,25)12-28-34(32,33)22-9-16-15(18-10-26-19(8-17(18)22)14-6-7-14)4-3-5-21(16)29-11-20(23(30)31)27-13-29/h8-11,13-14,21,28H,3-7,12H2,1-2H3,(H,30,31). The van der Waals surface area contributed by atoms with Gasteiger partial charge in [-0.25, -0.2) is 27.3 Å². The van der Waals surface area contributed by atoms with Crippen molar-refractivity contribution in [3.8, 4) is 0 Å². The maximum Gasteiger partial charge on any atom is 0.356 e. The molecule has 1 atom stereocenters. The van der Waals surface area contributed by atoms with Crippen LogP contribution in [0.4, 0.5) is 4.39 Å². The molecule has 5 rings (SSSR count). The first-order valence-electron chi connectivity index (χ1n) is 11.4. The highest BCUT2D eigenvalue weighted by molar-refractivity contribution is 7.89. The van der Waals surface area contributed by atoms with E-state index in [2.05, 4.69) is 14.7 Å². The van der Waals surface area contributed by atoms with Gasteiger partial charge in [-0.2, -0.15) is 0 Å². The Morgan fingerprint density at radius 2 is 2.00 bits per heavy atom. The summed E-state index contributed by atoms with van der Waals surface area (Å²) in [6, 6.07) is 3.28. The van der Waals surface area contributed by atoms with Crippen molar-refractivity contribution in [3.05, 3.63) is 53.4 Å². The molecule has 3 aromatic rings. The summed E-state index contributed by atoms with van der Waals surface area (Å²) in [5.41, 5.74) is 0.918. The lowest BCUT2D eigenvalue weighted by Crippen LogP contribution is -2.35. The third-order valence-corrected chi connectivity index (χ3v) is 8.00. The number of carboxylic acids is 1. The van der Waals surface area contributed by atoms with Crippen LogP contribution in [0.25, 0.3) is 10.8 Å². The fourth-order valence-electron chi connectivity index (χ4n) is 4.68. The van der Waals surface area contributed by atoms with E-state index in [1.165, 1.54) is 26.4 Å². The summed E-state index contributed by atoms with van der Waals surface area (Å²) in [5.74, 6) is -0.770. The third kappa shape index (κ3) is 4.32. The number of rotatable bonds is 7. The molecule has 0 saturated heterocycles. The molecule has 2 heterocycles. The zero-order chi connectivity index (χ0) is 24.3. The van der Waals surface area contributed by atoms with Gasteiger partial charge in [0.2, 0.25) is 10.0 Å². The molecule has 1 aromatic carbocycles. The van der Waals surface area contributed by atoms with Gasteiger partial charge in [-0.05, 0) is 69.2 Å². The van der Waals surface area contributed by atoms with E-state index in [9.17, 15) is 22.7 Å². The molecule has 0 aliphatic heterocycles. The van der Waals surface area contributed by atoms with E-state index >= 15 is 0 Å². The van der Waals surface area contributed by atoms with Crippen LogP contribution in [0.2, 0.25) is 0 Å². The number of nitrogens with zero attached hydrogens (tertiary/aromatic N) is 3. The number of benzene rings is 1. The molecule has 0 radical (unpaired) electrons. The molecule has 2 N–H and O–H groups in total. The molecule has 1 saturated carbocycles. The predicted octanol–water partition coefficient (Wildman–Crippen LogP) is 3.96. The molecule has 0 amide bonds. The summed E-state index contributed by atoms with van der Waals surface area (Å²) >= 11 is 0. The zero-order valence-corrected chi connectivity index (χ0v) is 19.9. The van der Waals surface area contributed by atoms with E-state index in [0.717, 1.165) is 47.9 Å². The Balaban J connectivity index is 1.69. The minimum atomic E-state index is -4.03. The van der Waals surface area contributed by atoms with E-state index in [4.69, 9.17) is 0 Å². The molecule has 34 heavy (non-hydrogen) atoms. The molecule has 10 heteroatoms. The molecular weight excluding hydrogens is 459 g/mol. The first-order chi connectivity index (χ1) is 16.0. The van der Waals surface area contributed by atoms with Crippen molar-refractivity contribution >= 4 is 26.8 Å². The summed E-state index contributed by atoms with van der Waals surface area (Å²) in [6.45, 7) is 2.30. The SMILES string of the molecule is CC(C)(F)CNS(=O)(=O)c1cc2c(c3cnc(C4CC4)cc13)CCCC2n1cnc(C(=O)O)c1. The number of halogens is 1. The van der Waals surface area contributed by atoms with Gasteiger partial charge in [0, 0.05) is 41.3 Å². The van der Waals surface area contributed by atoms with Crippen molar-refractivity contribution in [2.75, 3.05) is 6.54 Å². The molecule has 0 bridgehead atoms. The lowest BCUT2D eigenvalue weighted by Gasteiger charge is -2.29. The summed E-state index contributed by atoms with van der Waals surface area (Å²) in [4.78, 5) is 20.1. The summed E-state index contributed by atoms with van der Waals surface area (Å²) in [5, 5.41) is 10.6. The summed E-state index contributed by atoms with van der Waals surface area (Å²) in [6.07, 6.45) is 9.11. The fourth-order valence-corrected chi connectivity index (χ4v) is 6.11. The highest BCUT2D eigenvalue weighted by Gasteiger charge is 2.32. The minimum Gasteiger partial charge on any atom is -0.476 e. The molecule has 0 spiro atoms. The van der Waals surface area contributed by atoms with Crippen LogP contribution in [0, 0.1) is 0 Å². The average molecular weight is 487 g/mol. The van der Waals surface area contributed by atoms with Gasteiger partial charge in [-0.3, -0.25) is 4.98 Å². The molecule has 2 aliphatic carbocycles. The number of imidazole rings is 1. The van der Waals surface area contributed by atoms with Gasteiger partial charge in [0.05, 0.1) is 17.3 Å². The van der Waals surface area contributed by atoms with Crippen molar-refractivity contribution in [2.45, 2.75) is 68.5 Å². The largest absolute Gasteiger partial charge is 0.476 e. The van der Waals surface area contributed by atoms with Crippen LogP contribution < -0.4 is 4.72 Å². The number of sulfonamides is 1. The van der Waals surface area contributed by atoms with E-state index in [1.807, 2.05) is 6.07 Å². The smallest absolute Gasteiger partial charge is 0.356 e. The van der Waals surface area contributed by atoms with Gasteiger partial charge < -0.3 is 9.67 Å². The summed E-state index contributed by atoms with van der Waals surface area (Å²) < 4.78 is 45.2. The normalized spacial score (nSPS) is 18.7. The molecule has 180 valence electrons. The van der Waals surface area contributed by atoms with Crippen molar-refractivity contribution < 1.29 is 22.7 Å². The van der Waals surface area contributed by atoms with Gasteiger partial charge in [-0.1, -0.05) is 0 Å². The minimum absolute atomic E-state index is 0.0663. The van der Waals surface area contributed by atoms with Crippen LogP contribution in [0.1, 0.15) is 78.8 Å². The average Bonchev–Trinajstić information content (AvgIpc) is 3.52. The van der Waals surface area contributed by atoms with Gasteiger partial charge in [-0.15, -0.1) is 0 Å². The number of aromatic nitrogens is 3. The van der Waals surface area contributed by atoms with Crippen molar-refractivity contribution in [1.82, 2.24) is 19.3 Å². The Labute approximate surface area is 197 Å². The van der Waals surface area contributed by atoms with Crippen LogP contribution in [0.5, 0.6) is 0 Å². The van der Waals surface area contributed by atoms with Gasteiger partial charge >= 0.3 is 5.97 Å². The summed E-state index contributed by atoms with van der Waals surface area (Å²) in [7, 11) is -4.03. The number of pyridine rings is 1. The van der Waals surface area contributed by atoms with Crippen LogP contribution in [-0.4, -0.2) is 46.2 Å². The number of carbonyl (C=O) groups is 1. The van der Waals surface area contributed by atoms with Crippen LogP contribution in [0.15, 0.2) is 35.7 Å². The van der Waals surface area contributed by atoms with Crippen molar-refractivity contribution in [2.24, 2.45) is 0 Å². The van der Waals surface area contributed by atoms with Crippen LogP contribution in [-0.2, 0) is 16.4 Å². The lowest BCUT2D eigenvalue weighted by molar-refractivity contribution is 0.0691. The topological polar surface area (TPSA) is 114 Å². The second kappa shape index (κ2) is 8.13. The maximum absolute atomic E-state index is 14.2. The number of aromatic carboxylic acids is 1. The molecule has 2 aromatic heterocycles. The Morgan fingerprint density at radius 1 is 1.24 bits per heavy atom. The number of hydrogen-bond acceptors (Lipinski definition) is 5. The Bertz CT molecular complexity index is 1390. The first-order valence-corrected chi connectivity index (χ1v) is 12.9. The predicted molar refractivity (Wildman–Crippen MR) is 124 cm³/mol. The first kappa shape index (κ1) is 22.9. The van der Waals surface area contributed by atoms with Crippen LogP contribution in [0.3, 0.4) is 0 Å². The number of nitrogens with one attached hydrogen (secondary N) is 1. The highest BCUT2D eigenvalue weighted by atomic mass is 32.2. The molecular formula is C24H27FN4O4S. The van der Waals surface area contributed by atoms with Gasteiger partial charge in [0.15, 0.2) is 5.69 Å². The van der Waals surface area contributed by atoms with Crippen LogP contribution >= 0.6 is 0 Å². The number of carboxylic acid groups (broad SMARTS) is 1. The number of alkyl halides is 1. The van der Waals surface area contributed by atoms with E-state index in [0.29, 0.717) is 17.7 Å². The van der Waals surface area contributed by atoms with E-state index in [1.54, 1.807) is 16.8 Å². The molecule has 2 aliphatic rings. The lowest BCUT2D eigenvalue weighted by atomic mass is 9.84. The quantitative estimate of drug-likeness (QED) is 0.523. The third-order valence-electron chi connectivity index (χ3n) is 6.56. The van der Waals surface area contributed by atoms with Crippen molar-refractivity contribution in [1.29, 1.82) is 0 Å². The molecule has 1 unspecified atom stereocenters. The number of fused-ring (bicyclic) bond motifs is 3.